The van der Waals surface area contributed by atoms with Gasteiger partial charge < -0.3 is 5.11 Å². The maximum absolute atomic E-state index is 13.4. The Balaban J connectivity index is 3.65. The predicted molar refractivity (Wildman–Crippen MR) is 51.4 cm³/mol. The van der Waals surface area contributed by atoms with Crippen LogP contribution < -0.4 is 0 Å². The third kappa shape index (κ3) is 1.89. The topological polar surface area (TPSA) is 20.2 Å². The van der Waals surface area contributed by atoms with E-state index < -0.39 is 45.9 Å². The van der Waals surface area contributed by atoms with Crippen LogP contribution in [0.2, 0.25) is 5.02 Å². The van der Waals surface area contributed by atoms with Gasteiger partial charge in [0, 0.05) is 11.0 Å². The molecule has 16 heavy (non-hydrogen) atoms. The van der Waals surface area contributed by atoms with Crippen LogP contribution in [0, 0.1) is 23.3 Å². The fourth-order valence-electron chi connectivity index (χ4n) is 1.28. The average Bonchev–Trinajstić information content (AvgIpc) is 2.23. The van der Waals surface area contributed by atoms with Gasteiger partial charge in [-0.1, -0.05) is 25.4 Å². The Morgan fingerprint density at radius 1 is 1.00 bits per heavy atom. The molecule has 0 spiro atoms. The van der Waals surface area contributed by atoms with Gasteiger partial charge in [0.2, 0.25) is 0 Å². The Morgan fingerprint density at radius 2 is 1.38 bits per heavy atom. The number of hydrogen-bond donors (Lipinski definition) is 1. The summed E-state index contributed by atoms with van der Waals surface area (Å²) in [4.78, 5) is 0. The summed E-state index contributed by atoms with van der Waals surface area (Å²) < 4.78 is 53.0. The first kappa shape index (κ1) is 13.3. The molecular formula is C10H9ClF4O. The molecule has 0 aliphatic heterocycles. The molecular weight excluding hydrogens is 248 g/mol. The molecule has 0 atom stereocenters. The summed E-state index contributed by atoms with van der Waals surface area (Å²) >= 11 is 5.06. The molecule has 1 nitrogen and oxygen atoms in total. The number of halogens is 5. The van der Waals surface area contributed by atoms with E-state index >= 15 is 0 Å². The molecule has 1 N–H and O–H groups in total. The van der Waals surface area contributed by atoms with Crippen molar-refractivity contribution in [3.8, 4) is 0 Å². The van der Waals surface area contributed by atoms with Gasteiger partial charge in [0.15, 0.2) is 23.3 Å². The van der Waals surface area contributed by atoms with Gasteiger partial charge in [-0.25, -0.2) is 17.6 Å². The highest BCUT2D eigenvalue weighted by Gasteiger charge is 2.33. The normalized spacial score (nSPS) is 12.0. The van der Waals surface area contributed by atoms with Crippen LogP contribution in [0.25, 0.3) is 0 Å². The summed E-state index contributed by atoms with van der Waals surface area (Å²) in [5, 5.41) is 7.71. The van der Waals surface area contributed by atoms with Crippen molar-refractivity contribution < 1.29 is 22.7 Å². The molecule has 0 amide bonds. The number of benzene rings is 1. The summed E-state index contributed by atoms with van der Waals surface area (Å²) in [7, 11) is 0. The van der Waals surface area contributed by atoms with Crippen molar-refractivity contribution in [2.75, 3.05) is 6.61 Å². The van der Waals surface area contributed by atoms with E-state index in [0.29, 0.717) is 0 Å². The van der Waals surface area contributed by atoms with Gasteiger partial charge in [-0.3, -0.25) is 0 Å². The van der Waals surface area contributed by atoms with Crippen molar-refractivity contribution in [3.63, 3.8) is 0 Å². The highest BCUT2D eigenvalue weighted by atomic mass is 35.5. The van der Waals surface area contributed by atoms with Crippen molar-refractivity contribution in [1.29, 1.82) is 0 Å². The van der Waals surface area contributed by atoms with Crippen LogP contribution in [-0.2, 0) is 5.41 Å². The molecule has 0 unspecified atom stereocenters. The van der Waals surface area contributed by atoms with Gasteiger partial charge in [0.1, 0.15) is 5.02 Å². The number of hydrogen-bond acceptors (Lipinski definition) is 1. The lowest BCUT2D eigenvalue weighted by Gasteiger charge is -2.24. The summed E-state index contributed by atoms with van der Waals surface area (Å²) in [6.07, 6.45) is 0. The largest absolute Gasteiger partial charge is 0.395 e. The maximum atomic E-state index is 13.4. The Bertz CT molecular complexity index is 402. The molecule has 0 saturated carbocycles. The summed E-state index contributed by atoms with van der Waals surface area (Å²) in [6.45, 7) is 1.84. The van der Waals surface area contributed by atoms with E-state index in [4.69, 9.17) is 16.7 Å². The molecule has 6 heteroatoms. The Kier molecular flexibility index (Phi) is 3.50. The molecule has 0 fully saturated rings. The third-order valence-corrected chi connectivity index (χ3v) is 2.61. The molecule has 0 aliphatic carbocycles. The molecule has 0 saturated heterocycles. The van der Waals surface area contributed by atoms with Crippen LogP contribution >= 0.6 is 11.6 Å². The molecule has 1 rings (SSSR count). The summed E-state index contributed by atoms with van der Waals surface area (Å²) in [6, 6.07) is 0. The van der Waals surface area contributed by atoms with Crippen molar-refractivity contribution in [2.45, 2.75) is 19.3 Å². The fourth-order valence-corrected chi connectivity index (χ4v) is 1.44. The second-order valence-electron chi connectivity index (χ2n) is 3.99. The Morgan fingerprint density at radius 3 is 1.69 bits per heavy atom. The number of aliphatic hydroxyl groups is 1. The van der Waals surface area contributed by atoms with Crippen molar-refractivity contribution in [3.05, 3.63) is 33.9 Å². The van der Waals surface area contributed by atoms with E-state index in [0.717, 1.165) is 0 Å². The van der Waals surface area contributed by atoms with Gasteiger partial charge in [0.05, 0.1) is 6.61 Å². The zero-order chi connectivity index (χ0) is 12.7. The molecule has 0 aliphatic rings. The number of aliphatic hydroxyl groups excluding tert-OH is 1. The molecule has 0 heterocycles. The minimum atomic E-state index is -1.66. The maximum Gasteiger partial charge on any atom is 0.180 e. The zero-order valence-corrected chi connectivity index (χ0v) is 9.30. The van der Waals surface area contributed by atoms with Crippen molar-refractivity contribution in [2.24, 2.45) is 0 Å². The summed E-state index contributed by atoms with van der Waals surface area (Å²) in [5.41, 5.74) is -2.30. The lowest BCUT2D eigenvalue weighted by Crippen LogP contribution is -2.27. The Labute approximate surface area is 94.7 Å². The van der Waals surface area contributed by atoms with E-state index in [-0.39, 0.29) is 0 Å². The van der Waals surface area contributed by atoms with E-state index in [1.54, 1.807) is 0 Å². The first-order valence-corrected chi connectivity index (χ1v) is 4.74. The van der Waals surface area contributed by atoms with Crippen LogP contribution in [0.1, 0.15) is 19.4 Å². The molecule has 0 aromatic heterocycles. The highest BCUT2D eigenvalue weighted by Crippen LogP contribution is 2.34. The quantitative estimate of drug-likeness (QED) is 0.490. The van der Waals surface area contributed by atoms with Crippen molar-refractivity contribution >= 4 is 11.6 Å². The Hall–Kier alpha value is -0.810. The van der Waals surface area contributed by atoms with Gasteiger partial charge in [-0.05, 0) is 0 Å². The van der Waals surface area contributed by atoms with E-state index in [1.807, 2.05) is 0 Å². The number of rotatable bonds is 2. The van der Waals surface area contributed by atoms with E-state index in [9.17, 15) is 17.6 Å². The highest BCUT2D eigenvalue weighted by molar-refractivity contribution is 6.30. The third-order valence-electron chi connectivity index (χ3n) is 2.28. The van der Waals surface area contributed by atoms with Gasteiger partial charge in [0.25, 0.3) is 0 Å². The van der Waals surface area contributed by atoms with Gasteiger partial charge >= 0.3 is 0 Å². The van der Waals surface area contributed by atoms with E-state index in [1.165, 1.54) is 13.8 Å². The lowest BCUT2D eigenvalue weighted by atomic mass is 9.84. The first-order chi connectivity index (χ1) is 7.24. The zero-order valence-electron chi connectivity index (χ0n) is 8.54. The molecule has 90 valence electrons. The predicted octanol–water partition coefficient (Wildman–Crippen LogP) is 3.17. The van der Waals surface area contributed by atoms with Crippen LogP contribution in [0.4, 0.5) is 17.6 Å². The lowest BCUT2D eigenvalue weighted by molar-refractivity contribution is 0.208. The van der Waals surface area contributed by atoms with Crippen LogP contribution in [0.15, 0.2) is 0 Å². The second kappa shape index (κ2) is 4.22. The monoisotopic (exact) mass is 256 g/mol. The minimum absolute atomic E-state index is 0.665. The van der Waals surface area contributed by atoms with Crippen LogP contribution in [0.5, 0.6) is 0 Å². The van der Waals surface area contributed by atoms with Gasteiger partial charge in [-0.15, -0.1) is 0 Å². The van der Waals surface area contributed by atoms with Crippen LogP contribution in [0.3, 0.4) is 0 Å². The molecule has 1 aromatic rings. The first-order valence-electron chi connectivity index (χ1n) is 4.36. The van der Waals surface area contributed by atoms with E-state index in [2.05, 4.69) is 0 Å². The van der Waals surface area contributed by atoms with Crippen molar-refractivity contribution in [1.82, 2.24) is 0 Å². The minimum Gasteiger partial charge on any atom is -0.395 e. The summed E-state index contributed by atoms with van der Waals surface area (Å²) in [5.74, 6) is -6.47. The second-order valence-corrected chi connectivity index (χ2v) is 4.36. The molecule has 0 radical (unpaired) electrons. The van der Waals surface area contributed by atoms with Crippen LogP contribution in [-0.4, -0.2) is 11.7 Å². The molecule has 0 bridgehead atoms. The smallest absolute Gasteiger partial charge is 0.180 e. The average molecular weight is 257 g/mol. The SMILES string of the molecule is CC(C)(CO)c1c(F)c(F)c(Cl)c(F)c1F. The fraction of sp³-hybridized carbons (Fsp3) is 0.400. The standard InChI is InChI=1S/C10H9ClF4O/c1-10(2,3-16)4-6(12)8(14)5(11)9(15)7(4)13/h16H,3H2,1-2H3. The van der Waals surface area contributed by atoms with Gasteiger partial charge in [-0.2, -0.15) is 0 Å². The molecule has 1 aromatic carbocycles.